The fourth-order valence-corrected chi connectivity index (χ4v) is 4.62. The van der Waals surface area contributed by atoms with Gasteiger partial charge in [0.15, 0.2) is 5.57 Å². The quantitative estimate of drug-likeness (QED) is 0.394. The summed E-state index contributed by atoms with van der Waals surface area (Å²) < 4.78 is 16.0. The van der Waals surface area contributed by atoms with Gasteiger partial charge < -0.3 is 20.9 Å². The van der Waals surface area contributed by atoms with Crippen LogP contribution < -0.4 is 35.6 Å². The SMILES string of the molecule is CCNC(=O)C(C#N)=c1sc(=CNc2cccc(NC(=O)CN(C)c3ccccc3F)c2)c(=O)n1CC. The summed E-state index contributed by atoms with van der Waals surface area (Å²) in [6.45, 7) is 4.11. The van der Waals surface area contributed by atoms with Crippen LogP contribution in [-0.4, -0.2) is 36.5 Å². The lowest BCUT2D eigenvalue weighted by Gasteiger charge is -2.19. The van der Waals surface area contributed by atoms with Crippen molar-refractivity contribution in [2.75, 3.05) is 35.7 Å². The van der Waals surface area contributed by atoms with Gasteiger partial charge in [-0.2, -0.15) is 5.26 Å². The van der Waals surface area contributed by atoms with E-state index in [1.165, 1.54) is 21.7 Å². The van der Waals surface area contributed by atoms with E-state index in [2.05, 4.69) is 16.0 Å². The average Bonchev–Trinajstić information content (AvgIpc) is 3.18. The highest BCUT2D eigenvalue weighted by Crippen LogP contribution is 2.18. The van der Waals surface area contributed by atoms with E-state index in [-0.39, 0.29) is 28.2 Å². The van der Waals surface area contributed by atoms with Crippen molar-refractivity contribution < 1.29 is 14.0 Å². The van der Waals surface area contributed by atoms with Gasteiger partial charge in [0.05, 0.1) is 12.2 Å². The number of aromatic nitrogens is 1. The third kappa shape index (κ3) is 6.62. The topological polar surface area (TPSA) is 119 Å². The molecule has 0 aliphatic rings. The molecule has 2 amide bonds. The zero-order valence-electron chi connectivity index (χ0n) is 20.7. The van der Waals surface area contributed by atoms with Gasteiger partial charge in [0.25, 0.3) is 11.5 Å². The van der Waals surface area contributed by atoms with Crippen LogP contribution in [0.3, 0.4) is 0 Å². The predicted octanol–water partition coefficient (Wildman–Crippen LogP) is 1.80. The Morgan fingerprint density at radius 2 is 1.89 bits per heavy atom. The molecule has 0 fully saturated rings. The first-order valence-corrected chi connectivity index (χ1v) is 12.3. The normalized spacial score (nSPS) is 11.9. The number of nitriles is 1. The molecule has 3 aromatic rings. The number of carbonyl (C=O) groups is 2. The van der Waals surface area contributed by atoms with E-state index in [0.717, 1.165) is 11.3 Å². The molecule has 3 rings (SSSR count). The second-order valence-corrected chi connectivity index (χ2v) is 8.92. The zero-order chi connectivity index (χ0) is 26.9. The van der Waals surface area contributed by atoms with Crippen molar-refractivity contribution in [1.29, 1.82) is 5.26 Å². The number of hydrogen-bond acceptors (Lipinski definition) is 7. The van der Waals surface area contributed by atoms with E-state index in [9.17, 15) is 24.0 Å². The Hall–Kier alpha value is -4.43. The molecule has 0 radical (unpaired) electrons. The van der Waals surface area contributed by atoms with Gasteiger partial charge in [-0.15, -0.1) is 11.3 Å². The van der Waals surface area contributed by atoms with Crippen molar-refractivity contribution in [3.63, 3.8) is 0 Å². The standard InChI is InChI=1S/C26H27FN6O3S/c1-4-29-24(35)19(14-28)26-33(5-2)25(36)22(37-26)15-30-17-9-8-10-18(13-17)31-23(34)16-32(3)21-12-7-6-11-20(21)27/h6-13,15,30H,4-5,16H2,1-3H3,(H,29,35)(H,31,34). The third-order valence-electron chi connectivity index (χ3n) is 5.27. The first-order chi connectivity index (χ1) is 17.8. The summed E-state index contributed by atoms with van der Waals surface area (Å²) in [6, 6.07) is 15.0. The van der Waals surface area contributed by atoms with Crippen LogP contribution in [0.2, 0.25) is 0 Å². The maximum absolute atomic E-state index is 14.0. The van der Waals surface area contributed by atoms with Crippen molar-refractivity contribution in [2.24, 2.45) is 0 Å². The molecule has 0 aliphatic heterocycles. The number of carbonyl (C=O) groups excluding carboxylic acids is 2. The summed E-state index contributed by atoms with van der Waals surface area (Å²) >= 11 is 1.04. The summed E-state index contributed by atoms with van der Waals surface area (Å²) in [4.78, 5) is 39.1. The van der Waals surface area contributed by atoms with E-state index < -0.39 is 11.7 Å². The number of nitrogens with zero attached hydrogens (tertiary/aromatic N) is 3. The lowest BCUT2D eigenvalue weighted by atomic mass is 10.2. The summed E-state index contributed by atoms with van der Waals surface area (Å²) in [5.41, 5.74) is 0.994. The molecule has 0 saturated carbocycles. The van der Waals surface area contributed by atoms with Crippen molar-refractivity contribution in [3.05, 3.63) is 73.9 Å². The monoisotopic (exact) mass is 522 g/mol. The molecule has 0 unspecified atom stereocenters. The number of para-hydroxylation sites is 1. The Labute approximate surface area is 217 Å². The molecule has 1 heterocycles. The van der Waals surface area contributed by atoms with Gasteiger partial charge in [0, 0.05) is 37.7 Å². The number of nitrogens with one attached hydrogen (secondary N) is 3. The summed E-state index contributed by atoms with van der Waals surface area (Å²) in [5.74, 6) is -1.27. The molecule has 11 heteroatoms. The van der Waals surface area contributed by atoms with Gasteiger partial charge in [0.1, 0.15) is 21.1 Å². The van der Waals surface area contributed by atoms with Crippen LogP contribution in [0.5, 0.6) is 0 Å². The highest BCUT2D eigenvalue weighted by molar-refractivity contribution is 7.07. The van der Waals surface area contributed by atoms with E-state index in [1.54, 1.807) is 63.4 Å². The number of likely N-dealkylation sites (N-methyl/N-ethyl adjacent to an activating group) is 1. The molecule has 2 aromatic carbocycles. The summed E-state index contributed by atoms with van der Waals surface area (Å²) in [6.07, 6.45) is 1.50. The van der Waals surface area contributed by atoms with Gasteiger partial charge in [-0.1, -0.05) is 18.2 Å². The molecule has 0 saturated heterocycles. The number of benzene rings is 2. The maximum atomic E-state index is 14.0. The molecule has 0 bridgehead atoms. The summed E-state index contributed by atoms with van der Waals surface area (Å²) in [5, 5.41) is 17.9. The van der Waals surface area contributed by atoms with Gasteiger partial charge in [-0.25, -0.2) is 4.39 Å². The minimum atomic E-state index is -0.531. The second kappa shape index (κ2) is 12.5. The van der Waals surface area contributed by atoms with Gasteiger partial charge in [-0.05, 0) is 44.2 Å². The van der Waals surface area contributed by atoms with Gasteiger partial charge in [0.2, 0.25) is 5.91 Å². The van der Waals surface area contributed by atoms with E-state index in [4.69, 9.17) is 0 Å². The first-order valence-electron chi connectivity index (χ1n) is 11.5. The molecule has 1 aromatic heterocycles. The molecule has 0 spiro atoms. The molecule has 3 N–H and O–H groups in total. The Morgan fingerprint density at radius 3 is 2.57 bits per heavy atom. The highest BCUT2D eigenvalue weighted by Gasteiger charge is 2.15. The van der Waals surface area contributed by atoms with Gasteiger partial charge in [-0.3, -0.25) is 19.0 Å². The van der Waals surface area contributed by atoms with Crippen molar-refractivity contribution in [1.82, 2.24) is 9.88 Å². The first kappa shape index (κ1) is 27.2. The molecular formula is C26H27FN6O3S. The molecule has 0 atom stereocenters. The number of anilines is 3. The van der Waals surface area contributed by atoms with Crippen molar-refractivity contribution in [3.8, 4) is 6.07 Å². The van der Waals surface area contributed by atoms with E-state index in [1.807, 2.05) is 6.07 Å². The Morgan fingerprint density at radius 1 is 1.16 bits per heavy atom. The largest absolute Gasteiger partial charge is 0.363 e. The number of amides is 2. The minimum Gasteiger partial charge on any atom is -0.363 e. The predicted molar refractivity (Wildman–Crippen MR) is 144 cm³/mol. The lowest BCUT2D eigenvalue weighted by Crippen LogP contribution is -2.34. The van der Waals surface area contributed by atoms with E-state index in [0.29, 0.717) is 34.7 Å². The van der Waals surface area contributed by atoms with Crippen LogP contribution in [-0.2, 0) is 16.1 Å². The molecule has 0 aliphatic carbocycles. The molecule has 37 heavy (non-hydrogen) atoms. The van der Waals surface area contributed by atoms with Crippen molar-refractivity contribution >= 4 is 52.0 Å². The third-order valence-corrected chi connectivity index (χ3v) is 6.40. The molecule has 9 nitrogen and oxygen atoms in total. The lowest BCUT2D eigenvalue weighted by molar-refractivity contribution is -0.116. The second-order valence-electron chi connectivity index (χ2n) is 7.89. The number of halogens is 1. The van der Waals surface area contributed by atoms with Crippen LogP contribution in [0.15, 0.2) is 53.3 Å². The fourth-order valence-electron chi connectivity index (χ4n) is 3.54. The van der Waals surface area contributed by atoms with Crippen LogP contribution in [0, 0.1) is 17.1 Å². The highest BCUT2D eigenvalue weighted by atomic mass is 32.1. The summed E-state index contributed by atoms with van der Waals surface area (Å²) in [7, 11) is 1.63. The smallest absolute Gasteiger partial charge is 0.270 e. The van der Waals surface area contributed by atoms with Crippen LogP contribution in [0.1, 0.15) is 13.8 Å². The zero-order valence-corrected chi connectivity index (χ0v) is 21.5. The fraction of sp³-hybridized carbons (Fsp3) is 0.231. The number of rotatable bonds is 9. The minimum absolute atomic E-state index is 0.0530. The Kier molecular flexibility index (Phi) is 9.18. The van der Waals surface area contributed by atoms with Crippen LogP contribution in [0.4, 0.5) is 21.5 Å². The van der Waals surface area contributed by atoms with Gasteiger partial charge >= 0.3 is 0 Å². The number of hydrogen-bond donors (Lipinski definition) is 3. The van der Waals surface area contributed by atoms with Crippen LogP contribution in [0.25, 0.3) is 11.8 Å². The van der Waals surface area contributed by atoms with E-state index >= 15 is 0 Å². The Balaban J connectivity index is 1.80. The Bertz CT molecular complexity index is 1520. The average molecular weight is 523 g/mol. The maximum Gasteiger partial charge on any atom is 0.270 e. The molecular weight excluding hydrogens is 495 g/mol. The molecule has 192 valence electrons. The van der Waals surface area contributed by atoms with Crippen molar-refractivity contribution in [2.45, 2.75) is 20.4 Å². The number of thiazole rings is 1. The van der Waals surface area contributed by atoms with Crippen LogP contribution >= 0.6 is 11.3 Å².